The van der Waals surface area contributed by atoms with E-state index >= 15 is 0 Å². The molecule has 1 aromatic rings. The lowest BCUT2D eigenvalue weighted by atomic mass is 9.97. The number of rotatable bonds is 5. The van der Waals surface area contributed by atoms with Crippen molar-refractivity contribution in [2.45, 2.75) is 63.8 Å². The van der Waals surface area contributed by atoms with Crippen LogP contribution in [0.4, 0.5) is 0 Å². The van der Waals surface area contributed by atoms with Crippen LogP contribution in [-0.2, 0) is 6.54 Å². The van der Waals surface area contributed by atoms with E-state index in [0.717, 1.165) is 24.2 Å². The molecule has 4 rings (SSSR count). The molecule has 2 saturated heterocycles. The molecule has 1 saturated carbocycles. The van der Waals surface area contributed by atoms with Crippen LogP contribution in [0.5, 0.6) is 0 Å². The van der Waals surface area contributed by atoms with Gasteiger partial charge in [-0.25, -0.2) is 0 Å². The van der Waals surface area contributed by atoms with E-state index in [4.69, 9.17) is 4.52 Å². The molecule has 3 aliphatic rings. The van der Waals surface area contributed by atoms with Crippen LogP contribution < -0.4 is 0 Å². The van der Waals surface area contributed by atoms with Crippen molar-refractivity contribution in [3.63, 3.8) is 0 Å². The summed E-state index contributed by atoms with van der Waals surface area (Å²) in [5, 5.41) is 4.19. The lowest BCUT2D eigenvalue weighted by Crippen LogP contribution is -2.41. The van der Waals surface area contributed by atoms with E-state index in [-0.39, 0.29) is 0 Å². The molecular formula is C18H30N4O. The second kappa shape index (κ2) is 7.31. The highest BCUT2D eigenvalue weighted by Gasteiger charge is 2.30. The molecular weight excluding hydrogens is 288 g/mol. The maximum absolute atomic E-state index is 5.40. The van der Waals surface area contributed by atoms with Crippen molar-refractivity contribution >= 4 is 0 Å². The van der Waals surface area contributed by atoms with Crippen LogP contribution in [0.3, 0.4) is 0 Å². The van der Waals surface area contributed by atoms with E-state index in [2.05, 4.69) is 19.9 Å². The summed E-state index contributed by atoms with van der Waals surface area (Å²) >= 11 is 0. The zero-order valence-electron chi connectivity index (χ0n) is 14.3. The van der Waals surface area contributed by atoms with Crippen molar-refractivity contribution in [3.8, 4) is 0 Å². The fourth-order valence-corrected chi connectivity index (χ4v) is 4.16. The molecule has 1 atom stereocenters. The Morgan fingerprint density at radius 1 is 0.913 bits per heavy atom. The van der Waals surface area contributed by atoms with E-state index in [1.165, 1.54) is 84.1 Å². The number of hydrogen-bond acceptors (Lipinski definition) is 5. The number of nitrogens with zero attached hydrogens (tertiary/aromatic N) is 4. The van der Waals surface area contributed by atoms with Crippen LogP contribution in [0.15, 0.2) is 4.52 Å². The molecule has 0 radical (unpaired) electrons. The molecule has 0 bridgehead atoms. The molecule has 0 aromatic carbocycles. The number of hydrogen-bond donors (Lipinski definition) is 0. The molecule has 0 amide bonds. The standard InChI is InChI=1S/C18H30N4O/c1-2-4-10-21(9-3-1)12-15-6-5-11-22(13-15)14-17-19-18(23-20-17)16-7-8-16/h15-16H,1-14H2/t15-/m1/s1. The molecule has 3 fully saturated rings. The zero-order valence-corrected chi connectivity index (χ0v) is 14.3. The van der Waals surface area contributed by atoms with Crippen LogP contribution in [0.2, 0.25) is 0 Å². The van der Waals surface area contributed by atoms with Gasteiger partial charge in [-0.3, -0.25) is 4.90 Å². The Balaban J connectivity index is 1.27. The Kier molecular flexibility index (Phi) is 4.95. The van der Waals surface area contributed by atoms with E-state index in [9.17, 15) is 0 Å². The molecule has 128 valence electrons. The number of aromatic nitrogens is 2. The summed E-state index contributed by atoms with van der Waals surface area (Å²) < 4.78 is 5.40. The molecule has 5 nitrogen and oxygen atoms in total. The summed E-state index contributed by atoms with van der Waals surface area (Å²) in [7, 11) is 0. The fourth-order valence-electron chi connectivity index (χ4n) is 4.16. The summed E-state index contributed by atoms with van der Waals surface area (Å²) in [6, 6.07) is 0. The van der Waals surface area contributed by atoms with Crippen molar-refractivity contribution in [2.75, 3.05) is 32.7 Å². The monoisotopic (exact) mass is 318 g/mol. The minimum absolute atomic E-state index is 0.563. The van der Waals surface area contributed by atoms with Crippen LogP contribution in [0.1, 0.15) is 69.0 Å². The first-order valence-electron chi connectivity index (χ1n) is 9.64. The highest BCUT2D eigenvalue weighted by molar-refractivity contribution is 5.01. The quantitative estimate of drug-likeness (QED) is 0.835. The van der Waals surface area contributed by atoms with E-state index < -0.39 is 0 Å². The highest BCUT2D eigenvalue weighted by Crippen LogP contribution is 2.38. The molecule has 5 heteroatoms. The first-order valence-corrected chi connectivity index (χ1v) is 9.64. The third-order valence-electron chi connectivity index (χ3n) is 5.59. The average molecular weight is 318 g/mol. The number of likely N-dealkylation sites (tertiary alicyclic amines) is 2. The van der Waals surface area contributed by atoms with Gasteiger partial charge >= 0.3 is 0 Å². The zero-order chi connectivity index (χ0) is 15.5. The summed E-state index contributed by atoms with van der Waals surface area (Å²) in [5.41, 5.74) is 0. The predicted octanol–water partition coefficient (Wildman–Crippen LogP) is 3.04. The van der Waals surface area contributed by atoms with Gasteiger partial charge in [-0.2, -0.15) is 4.98 Å². The van der Waals surface area contributed by atoms with Gasteiger partial charge in [0.1, 0.15) is 0 Å². The van der Waals surface area contributed by atoms with Crippen molar-refractivity contribution in [1.82, 2.24) is 19.9 Å². The molecule has 1 aliphatic carbocycles. The average Bonchev–Trinajstić information content (AvgIpc) is 3.34. The summed E-state index contributed by atoms with van der Waals surface area (Å²) in [6.45, 7) is 7.16. The van der Waals surface area contributed by atoms with Crippen molar-refractivity contribution in [2.24, 2.45) is 5.92 Å². The first kappa shape index (κ1) is 15.6. The third-order valence-corrected chi connectivity index (χ3v) is 5.59. The Morgan fingerprint density at radius 3 is 2.48 bits per heavy atom. The van der Waals surface area contributed by atoms with Gasteiger partial charge in [0.15, 0.2) is 5.82 Å². The largest absolute Gasteiger partial charge is 0.339 e. The molecule has 2 aliphatic heterocycles. The molecule has 1 aromatic heterocycles. The van der Waals surface area contributed by atoms with Gasteiger partial charge in [0.25, 0.3) is 0 Å². The summed E-state index contributed by atoms with van der Waals surface area (Å²) in [5.74, 6) is 3.14. The second-order valence-electron chi connectivity index (χ2n) is 7.78. The van der Waals surface area contributed by atoms with E-state index in [1.807, 2.05) is 0 Å². The van der Waals surface area contributed by atoms with Gasteiger partial charge in [-0.1, -0.05) is 18.0 Å². The van der Waals surface area contributed by atoms with Crippen LogP contribution >= 0.6 is 0 Å². The minimum Gasteiger partial charge on any atom is -0.339 e. The molecule has 3 heterocycles. The van der Waals surface area contributed by atoms with Crippen molar-refractivity contribution < 1.29 is 4.52 Å². The topological polar surface area (TPSA) is 45.4 Å². The Bertz CT molecular complexity index is 491. The lowest BCUT2D eigenvalue weighted by molar-refractivity contribution is 0.126. The lowest BCUT2D eigenvalue weighted by Gasteiger charge is -2.34. The van der Waals surface area contributed by atoms with Crippen LogP contribution in [-0.4, -0.2) is 52.7 Å². The predicted molar refractivity (Wildman–Crippen MR) is 89.2 cm³/mol. The van der Waals surface area contributed by atoms with E-state index in [1.54, 1.807) is 0 Å². The molecule has 0 N–H and O–H groups in total. The Hall–Kier alpha value is -0.940. The maximum atomic E-state index is 5.40. The smallest absolute Gasteiger partial charge is 0.229 e. The van der Waals surface area contributed by atoms with Gasteiger partial charge in [0.2, 0.25) is 5.89 Å². The normalized spacial score (nSPS) is 27.9. The molecule has 0 spiro atoms. The summed E-state index contributed by atoms with van der Waals surface area (Å²) in [6.07, 6.45) is 10.8. The van der Waals surface area contributed by atoms with Gasteiger partial charge < -0.3 is 9.42 Å². The maximum Gasteiger partial charge on any atom is 0.229 e. The third kappa shape index (κ3) is 4.32. The second-order valence-corrected chi connectivity index (χ2v) is 7.78. The molecule has 23 heavy (non-hydrogen) atoms. The van der Waals surface area contributed by atoms with Gasteiger partial charge in [-0.15, -0.1) is 0 Å². The summed E-state index contributed by atoms with van der Waals surface area (Å²) in [4.78, 5) is 9.83. The van der Waals surface area contributed by atoms with Crippen molar-refractivity contribution in [1.29, 1.82) is 0 Å². The Morgan fingerprint density at radius 2 is 1.70 bits per heavy atom. The van der Waals surface area contributed by atoms with E-state index in [0.29, 0.717) is 5.92 Å². The van der Waals surface area contributed by atoms with Crippen LogP contribution in [0, 0.1) is 5.92 Å². The number of piperidine rings is 1. The Labute approximate surface area is 139 Å². The highest BCUT2D eigenvalue weighted by atomic mass is 16.5. The minimum atomic E-state index is 0.563. The SMILES string of the molecule is C1CCCN(C[C@H]2CCCN(Cc3noc(C4CC4)n3)C2)CC1. The molecule has 0 unspecified atom stereocenters. The van der Waals surface area contributed by atoms with Crippen LogP contribution in [0.25, 0.3) is 0 Å². The van der Waals surface area contributed by atoms with Gasteiger partial charge in [-0.05, 0) is 64.1 Å². The van der Waals surface area contributed by atoms with Gasteiger partial charge in [0.05, 0.1) is 6.54 Å². The van der Waals surface area contributed by atoms with Gasteiger partial charge in [0, 0.05) is 19.0 Å². The fraction of sp³-hybridized carbons (Fsp3) is 0.889. The first-order chi connectivity index (χ1) is 11.4. The van der Waals surface area contributed by atoms with Crippen molar-refractivity contribution in [3.05, 3.63) is 11.7 Å².